The Morgan fingerprint density at radius 2 is 2.11 bits per heavy atom. The maximum absolute atomic E-state index is 11.5. The molecule has 0 heterocycles. The van der Waals surface area contributed by atoms with Crippen molar-refractivity contribution in [3.8, 4) is 6.07 Å². The van der Waals surface area contributed by atoms with Gasteiger partial charge in [0.1, 0.15) is 0 Å². The van der Waals surface area contributed by atoms with Crippen molar-refractivity contribution in [2.75, 3.05) is 20.1 Å². The largest absolute Gasteiger partial charge is 0.354 e. The van der Waals surface area contributed by atoms with Crippen molar-refractivity contribution < 1.29 is 4.79 Å². The molecule has 1 aromatic rings. The fourth-order valence-corrected chi connectivity index (χ4v) is 1.78. The molecule has 0 aliphatic carbocycles. The SMILES string of the molecule is CN(CC(=O)NCCC#N)Cc1ccc(Br)cc1. The van der Waals surface area contributed by atoms with Crippen molar-refractivity contribution in [1.82, 2.24) is 10.2 Å². The number of nitrogens with zero attached hydrogens (tertiary/aromatic N) is 2. The van der Waals surface area contributed by atoms with Crippen LogP contribution >= 0.6 is 15.9 Å². The number of carbonyl (C=O) groups is 1. The zero-order chi connectivity index (χ0) is 13.4. The summed E-state index contributed by atoms with van der Waals surface area (Å²) in [5.74, 6) is -0.0511. The van der Waals surface area contributed by atoms with Gasteiger partial charge in [0.05, 0.1) is 19.0 Å². The monoisotopic (exact) mass is 309 g/mol. The Kier molecular flexibility index (Phi) is 6.40. The average Bonchev–Trinajstić information content (AvgIpc) is 2.32. The first kappa shape index (κ1) is 14.7. The number of halogens is 1. The Hall–Kier alpha value is -1.38. The minimum atomic E-state index is -0.0511. The molecule has 0 unspecified atom stereocenters. The third-order valence-electron chi connectivity index (χ3n) is 2.34. The van der Waals surface area contributed by atoms with Crippen molar-refractivity contribution in [2.24, 2.45) is 0 Å². The Labute approximate surface area is 116 Å². The Morgan fingerprint density at radius 3 is 2.72 bits per heavy atom. The predicted molar refractivity (Wildman–Crippen MR) is 73.7 cm³/mol. The van der Waals surface area contributed by atoms with E-state index in [0.717, 1.165) is 16.6 Å². The average molecular weight is 310 g/mol. The summed E-state index contributed by atoms with van der Waals surface area (Å²) in [6.45, 7) is 1.47. The Morgan fingerprint density at radius 1 is 1.44 bits per heavy atom. The van der Waals surface area contributed by atoms with E-state index in [-0.39, 0.29) is 5.91 Å². The highest BCUT2D eigenvalue weighted by Crippen LogP contribution is 2.11. The lowest BCUT2D eigenvalue weighted by Crippen LogP contribution is -2.35. The minimum Gasteiger partial charge on any atom is -0.354 e. The summed E-state index contributed by atoms with van der Waals surface area (Å²) in [5.41, 5.74) is 1.16. The quantitative estimate of drug-likeness (QED) is 0.817. The summed E-state index contributed by atoms with van der Waals surface area (Å²) < 4.78 is 1.04. The first-order valence-electron chi connectivity index (χ1n) is 5.68. The van der Waals surface area contributed by atoms with Gasteiger partial charge in [-0.15, -0.1) is 0 Å². The normalized spacial score (nSPS) is 10.1. The molecule has 96 valence electrons. The molecule has 1 aromatic carbocycles. The van der Waals surface area contributed by atoms with Gasteiger partial charge in [0.15, 0.2) is 0 Å². The predicted octanol–water partition coefficient (Wildman–Crippen LogP) is 1.91. The molecule has 0 aromatic heterocycles. The molecule has 0 atom stereocenters. The second-order valence-electron chi connectivity index (χ2n) is 4.06. The van der Waals surface area contributed by atoms with E-state index >= 15 is 0 Å². The molecule has 1 rings (SSSR count). The highest BCUT2D eigenvalue weighted by molar-refractivity contribution is 9.10. The van der Waals surface area contributed by atoms with E-state index in [2.05, 4.69) is 21.2 Å². The molecular weight excluding hydrogens is 294 g/mol. The highest BCUT2D eigenvalue weighted by Gasteiger charge is 2.06. The number of hydrogen-bond acceptors (Lipinski definition) is 3. The van der Waals surface area contributed by atoms with Crippen molar-refractivity contribution >= 4 is 21.8 Å². The van der Waals surface area contributed by atoms with Gasteiger partial charge >= 0.3 is 0 Å². The van der Waals surface area contributed by atoms with Crippen LogP contribution in [0.2, 0.25) is 0 Å². The van der Waals surface area contributed by atoms with Gasteiger partial charge < -0.3 is 5.32 Å². The van der Waals surface area contributed by atoms with E-state index in [9.17, 15) is 4.79 Å². The summed E-state index contributed by atoms with van der Waals surface area (Å²) >= 11 is 3.38. The van der Waals surface area contributed by atoms with Gasteiger partial charge in [-0.25, -0.2) is 0 Å². The fraction of sp³-hybridized carbons (Fsp3) is 0.385. The van der Waals surface area contributed by atoms with E-state index in [4.69, 9.17) is 5.26 Å². The molecule has 1 amide bonds. The van der Waals surface area contributed by atoms with Crippen LogP contribution in [0.5, 0.6) is 0 Å². The van der Waals surface area contributed by atoms with Crippen LogP contribution in [0.25, 0.3) is 0 Å². The van der Waals surface area contributed by atoms with Gasteiger partial charge in [-0.05, 0) is 24.7 Å². The Bertz CT molecular complexity index is 425. The van der Waals surface area contributed by atoms with Crippen LogP contribution < -0.4 is 5.32 Å². The molecule has 1 N–H and O–H groups in total. The van der Waals surface area contributed by atoms with Gasteiger partial charge in [-0.3, -0.25) is 9.69 Å². The topological polar surface area (TPSA) is 56.1 Å². The van der Waals surface area contributed by atoms with Crippen LogP contribution in [0.1, 0.15) is 12.0 Å². The lowest BCUT2D eigenvalue weighted by Gasteiger charge is -2.16. The van der Waals surface area contributed by atoms with E-state index in [1.807, 2.05) is 42.3 Å². The second kappa shape index (κ2) is 7.85. The minimum absolute atomic E-state index is 0.0511. The molecule has 0 aliphatic heterocycles. The number of nitriles is 1. The summed E-state index contributed by atoms with van der Waals surface area (Å²) in [6.07, 6.45) is 0.349. The summed E-state index contributed by atoms with van der Waals surface area (Å²) in [6, 6.07) is 10.00. The standard InChI is InChI=1S/C13H16BrN3O/c1-17(10-13(18)16-8-2-7-15)9-11-3-5-12(14)6-4-11/h3-6H,2,8-10H2,1H3,(H,16,18). The van der Waals surface area contributed by atoms with Gasteiger partial charge in [0, 0.05) is 17.6 Å². The molecule has 0 radical (unpaired) electrons. The number of hydrogen-bond donors (Lipinski definition) is 1. The van der Waals surface area contributed by atoms with Crippen LogP contribution in [-0.2, 0) is 11.3 Å². The van der Waals surface area contributed by atoms with Gasteiger partial charge in [0.2, 0.25) is 5.91 Å². The molecule has 4 nitrogen and oxygen atoms in total. The van der Waals surface area contributed by atoms with Gasteiger partial charge in [0.25, 0.3) is 0 Å². The maximum atomic E-state index is 11.5. The van der Waals surface area contributed by atoms with Crippen LogP contribution in [0.4, 0.5) is 0 Å². The fourth-order valence-electron chi connectivity index (χ4n) is 1.52. The molecule has 0 aliphatic rings. The van der Waals surface area contributed by atoms with Crippen LogP contribution in [0, 0.1) is 11.3 Å². The number of likely N-dealkylation sites (N-methyl/N-ethyl adjacent to an activating group) is 1. The molecule has 18 heavy (non-hydrogen) atoms. The van der Waals surface area contributed by atoms with Crippen molar-refractivity contribution in [2.45, 2.75) is 13.0 Å². The van der Waals surface area contributed by atoms with E-state index in [0.29, 0.717) is 19.5 Å². The molecule has 0 spiro atoms. The molecule has 0 saturated heterocycles. The first-order chi connectivity index (χ1) is 8.61. The van der Waals surface area contributed by atoms with Crippen molar-refractivity contribution in [1.29, 1.82) is 5.26 Å². The van der Waals surface area contributed by atoms with Gasteiger partial charge in [-0.2, -0.15) is 5.26 Å². The number of nitrogens with one attached hydrogen (secondary N) is 1. The molecule has 0 fully saturated rings. The Balaban J connectivity index is 2.33. The van der Waals surface area contributed by atoms with E-state index in [1.165, 1.54) is 0 Å². The zero-order valence-corrected chi connectivity index (χ0v) is 11.9. The van der Waals surface area contributed by atoms with Crippen molar-refractivity contribution in [3.05, 3.63) is 34.3 Å². The number of amides is 1. The zero-order valence-electron chi connectivity index (χ0n) is 10.3. The summed E-state index contributed by atoms with van der Waals surface area (Å²) in [7, 11) is 1.89. The smallest absolute Gasteiger partial charge is 0.234 e. The number of benzene rings is 1. The highest BCUT2D eigenvalue weighted by atomic mass is 79.9. The van der Waals surface area contributed by atoms with E-state index < -0.39 is 0 Å². The third kappa shape index (κ3) is 5.80. The van der Waals surface area contributed by atoms with Crippen LogP contribution in [0.3, 0.4) is 0 Å². The summed E-state index contributed by atoms with van der Waals surface area (Å²) in [4.78, 5) is 13.4. The maximum Gasteiger partial charge on any atom is 0.234 e. The first-order valence-corrected chi connectivity index (χ1v) is 6.47. The molecular formula is C13H16BrN3O. The lowest BCUT2D eigenvalue weighted by molar-refractivity contribution is -0.122. The lowest BCUT2D eigenvalue weighted by atomic mass is 10.2. The van der Waals surface area contributed by atoms with Crippen LogP contribution in [-0.4, -0.2) is 30.9 Å². The van der Waals surface area contributed by atoms with Gasteiger partial charge in [-0.1, -0.05) is 28.1 Å². The number of rotatable bonds is 6. The summed E-state index contributed by atoms with van der Waals surface area (Å²) in [5, 5.41) is 11.1. The number of carbonyl (C=O) groups excluding carboxylic acids is 1. The second-order valence-corrected chi connectivity index (χ2v) is 4.97. The van der Waals surface area contributed by atoms with Crippen molar-refractivity contribution in [3.63, 3.8) is 0 Å². The van der Waals surface area contributed by atoms with Crippen LogP contribution in [0.15, 0.2) is 28.7 Å². The third-order valence-corrected chi connectivity index (χ3v) is 2.87. The molecule has 5 heteroatoms. The van der Waals surface area contributed by atoms with E-state index in [1.54, 1.807) is 0 Å². The molecule has 0 bridgehead atoms. The molecule has 0 saturated carbocycles.